The van der Waals surface area contributed by atoms with Crippen LogP contribution < -0.4 is 4.90 Å². The van der Waals surface area contributed by atoms with Crippen LogP contribution in [0.25, 0.3) is 22.6 Å². The van der Waals surface area contributed by atoms with Crippen molar-refractivity contribution in [2.45, 2.75) is 6.92 Å². The van der Waals surface area contributed by atoms with Gasteiger partial charge in [-0.2, -0.15) is 0 Å². The number of H-pyrrole nitrogens is 1. The fourth-order valence-corrected chi connectivity index (χ4v) is 3.13. The van der Waals surface area contributed by atoms with Gasteiger partial charge in [0.15, 0.2) is 0 Å². The van der Waals surface area contributed by atoms with E-state index >= 15 is 0 Å². The molecule has 0 saturated heterocycles. The molecule has 1 aliphatic rings. The van der Waals surface area contributed by atoms with Gasteiger partial charge >= 0.3 is 0 Å². The van der Waals surface area contributed by atoms with Crippen LogP contribution in [0.1, 0.15) is 18.1 Å². The average Bonchev–Trinajstić information content (AvgIpc) is 3.08. The molecule has 0 aliphatic carbocycles. The number of aromatic nitrogens is 1. The topological polar surface area (TPSA) is 36.1 Å². The summed E-state index contributed by atoms with van der Waals surface area (Å²) in [6.07, 6.45) is 3.96. The second-order valence-corrected chi connectivity index (χ2v) is 5.41. The fraction of sp³-hybridized carbons (Fsp3) is 0.105. The first-order valence-corrected chi connectivity index (χ1v) is 7.48. The molecule has 0 radical (unpaired) electrons. The van der Waals surface area contributed by atoms with Crippen molar-refractivity contribution in [1.29, 1.82) is 0 Å². The molecular weight excluding hydrogens is 272 g/mol. The maximum Gasteiger partial charge on any atom is 0.258 e. The summed E-state index contributed by atoms with van der Waals surface area (Å²) in [6, 6.07) is 16.1. The van der Waals surface area contributed by atoms with Gasteiger partial charge in [0.05, 0.1) is 5.69 Å². The van der Waals surface area contributed by atoms with Gasteiger partial charge in [0.25, 0.3) is 5.91 Å². The van der Waals surface area contributed by atoms with E-state index in [1.165, 1.54) is 0 Å². The largest absolute Gasteiger partial charge is 0.361 e. The molecule has 0 atom stereocenters. The van der Waals surface area contributed by atoms with Crippen LogP contribution in [0.2, 0.25) is 0 Å². The molecule has 3 heteroatoms. The molecule has 0 spiro atoms. The number of anilines is 1. The lowest BCUT2D eigenvalue weighted by Gasteiger charge is -2.13. The molecule has 2 heterocycles. The predicted octanol–water partition coefficient (Wildman–Crippen LogP) is 4.08. The third kappa shape index (κ3) is 1.79. The number of benzene rings is 2. The van der Waals surface area contributed by atoms with Gasteiger partial charge in [0.2, 0.25) is 0 Å². The quantitative estimate of drug-likeness (QED) is 0.709. The van der Waals surface area contributed by atoms with Crippen LogP contribution in [0.4, 0.5) is 5.69 Å². The van der Waals surface area contributed by atoms with Gasteiger partial charge in [-0.15, -0.1) is 0 Å². The molecule has 2 aromatic carbocycles. The number of aromatic amines is 1. The lowest BCUT2D eigenvalue weighted by atomic mass is 10.0. The van der Waals surface area contributed by atoms with Crippen LogP contribution in [-0.2, 0) is 4.79 Å². The van der Waals surface area contributed by atoms with Crippen LogP contribution in [0, 0.1) is 0 Å². The minimum absolute atomic E-state index is 0.0778. The highest BCUT2D eigenvalue weighted by Crippen LogP contribution is 2.38. The molecule has 3 nitrogen and oxygen atoms in total. The normalized spacial score (nSPS) is 15.8. The molecule has 1 amide bonds. The Morgan fingerprint density at radius 3 is 2.73 bits per heavy atom. The standard InChI is InChI=1S/C19H16N2O/c1-2-21-18-10-6-4-8-15(18)16(19(21)22)11-13-12-20-17-9-5-3-7-14(13)17/h3-12,20H,2H2,1H3. The molecule has 3 aromatic rings. The predicted molar refractivity (Wildman–Crippen MR) is 90.6 cm³/mol. The van der Waals surface area contributed by atoms with Gasteiger partial charge in [0, 0.05) is 40.3 Å². The second kappa shape index (κ2) is 4.88. The number of nitrogens with zero attached hydrogens (tertiary/aromatic N) is 1. The first-order valence-electron chi connectivity index (χ1n) is 7.48. The summed E-state index contributed by atoms with van der Waals surface area (Å²) in [7, 11) is 0. The summed E-state index contributed by atoms with van der Waals surface area (Å²) in [5.41, 5.74) is 4.91. The number of carbonyl (C=O) groups is 1. The SMILES string of the molecule is CCN1C(=O)C(=Cc2c[nH]c3ccccc23)c2ccccc21. The highest BCUT2D eigenvalue weighted by molar-refractivity contribution is 6.36. The van der Waals surface area contributed by atoms with Crippen LogP contribution >= 0.6 is 0 Å². The van der Waals surface area contributed by atoms with E-state index in [4.69, 9.17) is 0 Å². The van der Waals surface area contributed by atoms with Crippen molar-refractivity contribution in [3.63, 3.8) is 0 Å². The van der Waals surface area contributed by atoms with E-state index in [9.17, 15) is 4.79 Å². The minimum atomic E-state index is 0.0778. The van der Waals surface area contributed by atoms with Crippen molar-refractivity contribution in [2.24, 2.45) is 0 Å². The maximum absolute atomic E-state index is 12.7. The van der Waals surface area contributed by atoms with Crippen molar-refractivity contribution < 1.29 is 4.79 Å². The van der Waals surface area contributed by atoms with Crippen molar-refractivity contribution >= 4 is 34.1 Å². The summed E-state index contributed by atoms with van der Waals surface area (Å²) < 4.78 is 0. The Morgan fingerprint density at radius 1 is 1.09 bits per heavy atom. The van der Waals surface area contributed by atoms with Crippen molar-refractivity contribution in [1.82, 2.24) is 4.98 Å². The Kier molecular flexibility index (Phi) is 2.86. The van der Waals surface area contributed by atoms with E-state index in [1.807, 2.05) is 66.6 Å². The number of likely N-dealkylation sites (N-methyl/N-ethyl adjacent to an activating group) is 1. The third-order valence-electron chi connectivity index (χ3n) is 4.20. The molecule has 1 aliphatic heterocycles. The van der Waals surface area contributed by atoms with Crippen LogP contribution in [0.5, 0.6) is 0 Å². The van der Waals surface area contributed by atoms with Crippen molar-refractivity contribution in [2.75, 3.05) is 11.4 Å². The monoisotopic (exact) mass is 288 g/mol. The highest BCUT2D eigenvalue weighted by Gasteiger charge is 2.30. The Balaban J connectivity index is 1.90. The number of rotatable bonds is 2. The van der Waals surface area contributed by atoms with Gasteiger partial charge in [-0.05, 0) is 25.1 Å². The summed E-state index contributed by atoms with van der Waals surface area (Å²) in [6.45, 7) is 2.68. The van der Waals surface area contributed by atoms with E-state index in [1.54, 1.807) is 0 Å². The molecule has 1 N–H and O–H groups in total. The van der Waals surface area contributed by atoms with Gasteiger partial charge in [0.1, 0.15) is 0 Å². The second-order valence-electron chi connectivity index (χ2n) is 5.41. The summed E-state index contributed by atoms with van der Waals surface area (Å²) in [4.78, 5) is 17.8. The number of amides is 1. The van der Waals surface area contributed by atoms with Crippen molar-refractivity contribution in [3.8, 4) is 0 Å². The Hall–Kier alpha value is -2.81. The summed E-state index contributed by atoms with van der Waals surface area (Å²) in [5.74, 6) is 0.0778. The highest BCUT2D eigenvalue weighted by atomic mass is 16.2. The molecular formula is C19H16N2O. The fourth-order valence-electron chi connectivity index (χ4n) is 3.13. The zero-order chi connectivity index (χ0) is 15.1. The number of para-hydroxylation sites is 2. The summed E-state index contributed by atoms with van der Waals surface area (Å²) >= 11 is 0. The molecule has 0 saturated carbocycles. The van der Waals surface area contributed by atoms with E-state index in [-0.39, 0.29) is 5.91 Å². The molecule has 108 valence electrons. The Bertz CT molecular complexity index is 904. The van der Waals surface area contributed by atoms with Crippen LogP contribution in [0.15, 0.2) is 54.7 Å². The number of nitrogens with one attached hydrogen (secondary N) is 1. The lowest BCUT2D eigenvalue weighted by Crippen LogP contribution is -2.25. The van der Waals surface area contributed by atoms with Crippen molar-refractivity contribution in [3.05, 3.63) is 65.9 Å². The van der Waals surface area contributed by atoms with E-state index in [0.29, 0.717) is 6.54 Å². The number of carbonyl (C=O) groups excluding carboxylic acids is 1. The zero-order valence-electron chi connectivity index (χ0n) is 12.3. The number of hydrogen-bond acceptors (Lipinski definition) is 1. The smallest absolute Gasteiger partial charge is 0.258 e. The van der Waals surface area contributed by atoms with E-state index in [0.717, 1.165) is 33.3 Å². The van der Waals surface area contributed by atoms with E-state index in [2.05, 4.69) is 11.1 Å². The Morgan fingerprint density at radius 2 is 1.86 bits per heavy atom. The van der Waals surface area contributed by atoms with Gasteiger partial charge in [-0.3, -0.25) is 4.79 Å². The van der Waals surface area contributed by atoms with Crippen LogP contribution in [-0.4, -0.2) is 17.4 Å². The molecule has 1 aromatic heterocycles. The molecule has 0 bridgehead atoms. The average molecular weight is 288 g/mol. The molecule has 0 unspecified atom stereocenters. The lowest BCUT2D eigenvalue weighted by molar-refractivity contribution is -0.112. The van der Waals surface area contributed by atoms with Crippen LogP contribution in [0.3, 0.4) is 0 Å². The minimum Gasteiger partial charge on any atom is -0.361 e. The Labute approximate surface area is 128 Å². The molecule has 22 heavy (non-hydrogen) atoms. The third-order valence-corrected chi connectivity index (χ3v) is 4.20. The van der Waals surface area contributed by atoms with E-state index < -0.39 is 0 Å². The number of hydrogen-bond donors (Lipinski definition) is 1. The van der Waals surface area contributed by atoms with Gasteiger partial charge in [-0.1, -0.05) is 36.4 Å². The first-order chi connectivity index (χ1) is 10.8. The number of fused-ring (bicyclic) bond motifs is 2. The molecule has 4 rings (SSSR count). The van der Waals surface area contributed by atoms with Gasteiger partial charge < -0.3 is 9.88 Å². The zero-order valence-corrected chi connectivity index (χ0v) is 12.3. The summed E-state index contributed by atoms with van der Waals surface area (Å²) in [5, 5.41) is 1.13. The molecule has 0 fully saturated rings. The van der Waals surface area contributed by atoms with Gasteiger partial charge in [-0.25, -0.2) is 0 Å². The first kappa shape index (κ1) is 12.9. The maximum atomic E-state index is 12.7.